The fourth-order valence-electron chi connectivity index (χ4n) is 3.42. The lowest BCUT2D eigenvalue weighted by Gasteiger charge is -2.13. The zero-order valence-electron chi connectivity index (χ0n) is 18.4. The number of aryl methyl sites for hydroxylation is 1. The lowest BCUT2D eigenvalue weighted by atomic mass is 10.1. The first-order valence-corrected chi connectivity index (χ1v) is 11.6. The Balaban J connectivity index is 1.57. The molecule has 0 atom stereocenters. The summed E-state index contributed by atoms with van der Waals surface area (Å²) in [4.78, 5) is 38.2. The number of aromatic nitrogens is 1. The largest absolute Gasteiger partial charge is 0.344 e. The monoisotopic (exact) mass is 528 g/mol. The third-order valence-corrected chi connectivity index (χ3v) is 5.78. The number of nitrogens with zero attached hydrogens (tertiary/aromatic N) is 1. The van der Waals surface area contributed by atoms with Crippen molar-refractivity contribution in [3.8, 4) is 0 Å². The summed E-state index contributed by atoms with van der Waals surface area (Å²) in [5, 5.41) is 7.00. The third-order valence-electron chi connectivity index (χ3n) is 5.11. The van der Waals surface area contributed by atoms with Crippen LogP contribution in [0.1, 0.15) is 21.6 Å². The first-order valence-electron chi connectivity index (χ1n) is 10.4. The summed E-state index contributed by atoms with van der Waals surface area (Å²) in [6.45, 7) is 2.14. The normalized spacial score (nSPS) is 10.7. The maximum absolute atomic E-state index is 13.1. The minimum Gasteiger partial charge on any atom is -0.344 e. The maximum Gasteiger partial charge on any atom is 0.328 e. The van der Waals surface area contributed by atoms with E-state index in [1.165, 1.54) is 22.9 Å². The summed E-state index contributed by atoms with van der Waals surface area (Å²) in [6, 6.07) is 18.6. The molecule has 4 rings (SSSR count). The van der Waals surface area contributed by atoms with Gasteiger partial charge in [0.05, 0.1) is 5.52 Å². The molecule has 0 unspecified atom stereocenters. The van der Waals surface area contributed by atoms with Crippen molar-refractivity contribution in [1.82, 2.24) is 9.99 Å². The van der Waals surface area contributed by atoms with Gasteiger partial charge in [-0.05, 0) is 55.0 Å². The Kier molecular flexibility index (Phi) is 7.31. The smallest absolute Gasteiger partial charge is 0.328 e. The molecule has 3 aromatic carbocycles. The molecule has 35 heavy (non-hydrogen) atoms. The van der Waals surface area contributed by atoms with Crippen LogP contribution >= 0.6 is 34.8 Å². The molecule has 0 saturated heterocycles. The SMILES string of the molecule is Cc1ccc(CNC(=O)C(=O)Nn2c(C(=O)Nc3cc(Cl)cc(Cl)c3)cc3cc(Cl)ccc32)cc1. The van der Waals surface area contributed by atoms with Gasteiger partial charge in [-0.2, -0.15) is 0 Å². The van der Waals surface area contributed by atoms with Crippen LogP contribution in [0, 0.1) is 6.92 Å². The molecule has 0 spiro atoms. The summed E-state index contributed by atoms with van der Waals surface area (Å²) in [5.74, 6) is -2.35. The van der Waals surface area contributed by atoms with E-state index in [1.54, 1.807) is 24.3 Å². The van der Waals surface area contributed by atoms with Crippen molar-refractivity contribution >= 4 is 69.1 Å². The van der Waals surface area contributed by atoms with Crippen LogP contribution < -0.4 is 16.1 Å². The van der Waals surface area contributed by atoms with Crippen LogP contribution in [0.15, 0.2) is 66.7 Å². The topological polar surface area (TPSA) is 92.2 Å². The third kappa shape index (κ3) is 5.95. The van der Waals surface area contributed by atoms with E-state index in [-0.39, 0.29) is 12.2 Å². The van der Waals surface area contributed by atoms with Gasteiger partial charge >= 0.3 is 11.8 Å². The van der Waals surface area contributed by atoms with Crippen molar-refractivity contribution in [3.63, 3.8) is 0 Å². The van der Waals surface area contributed by atoms with Gasteiger partial charge in [0.25, 0.3) is 5.91 Å². The van der Waals surface area contributed by atoms with Gasteiger partial charge in [0.15, 0.2) is 0 Å². The molecule has 0 aliphatic heterocycles. The van der Waals surface area contributed by atoms with Crippen molar-refractivity contribution in [2.75, 3.05) is 10.7 Å². The quantitative estimate of drug-likeness (QED) is 0.296. The van der Waals surface area contributed by atoms with Crippen molar-refractivity contribution in [2.24, 2.45) is 0 Å². The number of benzene rings is 3. The Hall–Kier alpha value is -3.52. The van der Waals surface area contributed by atoms with E-state index in [0.29, 0.717) is 31.7 Å². The highest BCUT2D eigenvalue weighted by Crippen LogP contribution is 2.26. The van der Waals surface area contributed by atoms with E-state index >= 15 is 0 Å². The average Bonchev–Trinajstić information content (AvgIpc) is 3.15. The second-order valence-electron chi connectivity index (χ2n) is 7.79. The number of halogens is 3. The first kappa shape index (κ1) is 24.6. The number of nitrogens with one attached hydrogen (secondary N) is 3. The Morgan fingerprint density at radius 3 is 2.17 bits per heavy atom. The van der Waals surface area contributed by atoms with Gasteiger partial charge in [-0.1, -0.05) is 64.6 Å². The number of carbonyl (C=O) groups excluding carboxylic acids is 3. The molecule has 7 nitrogen and oxygen atoms in total. The van der Waals surface area contributed by atoms with Crippen molar-refractivity contribution in [2.45, 2.75) is 13.5 Å². The molecule has 3 N–H and O–H groups in total. The van der Waals surface area contributed by atoms with Gasteiger partial charge in [0, 0.05) is 32.7 Å². The van der Waals surface area contributed by atoms with Crippen LogP contribution in [-0.4, -0.2) is 22.4 Å². The molecule has 4 aromatic rings. The van der Waals surface area contributed by atoms with E-state index in [0.717, 1.165) is 11.1 Å². The predicted octanol–water partition coefficient (Wildman–Crippen LogP) is 5.55. The van der Waals surface area contributed by atoms with Gasteiger partial charge in [-0.3, -0.25) is 19.8 Å². The fraction of sp³-hybridized carbons (Fsp3) is 0.0800. The molecule has 0 saturated carbocycles. The second-order valence-corrected chi connectivity index (χ2v) is 9.10. The summed E-state index contributed by atoms with van der Waals surface area (Å²) in [6.07, 6.45) is 0. The summed E-state index contributed by atoms with van der Waals surface area (Å²) in [7, 11) is 0. The lowest BCUT2D eigenvalue weighted by Crippen LogP contribution is -2.39. The van der Waals surface area contributed by atoms with Crippen LogP contribution in [-0.2, 0) is 16.1 Å². The van der Waals surface area contributed by atoms with Gasteiger partial charge in [0.1, 0.15) is 5.69 Å². The second kappa shape index (κ2) is 10.4. The standard InChI is InChI=1S/C25H19Cl3N4O3/c1-14-2-4-15(5-3-14)13-29-24(34)25(35)31-32-21-7-6-17(26)8-16(21)9-22(32)23(33)30-20-11-18(27)10-19(28)12-20/h2-12H,13H2,1H3,(H,29,34)(H,30,33)(H,31,35). The number of hydrogen-bond acceptors (Lipinski definition) is 3. The summed E-state index contributed by atoms with van der Waals surface area (Å²) >= 11 is 18.1. The molecule has 3 amide bonds. The molecular formula is C25H19Cl3N4O3. The van der Waals surface area contributed by atoms with E-state index in [9.17, 15) is 14.4 Å². The molecule has 1 heterocycles. The van der Waals surface area contributed by atoms with Gasteiger partial charge < -0.3 is 10.6 Å². The van der Waals surface area contributed by atoms with Crippen molar-refractivity contribution < 1.29 is 14.4 Å². The van der Waals surface area contributed by atoms with Crippen LogP contribution in [0.5, 0.6) is 0 Å². The first-order chi connectivity index (χ1) is 16.7. The Bertz CT molecular complexity index is 1430. The predicted molar refractivity (Wildman–Crippen MR) is 139 cm³/mol. The van der Waals surface area contributed by atoms with Crippen molar-refractivity contribution in [3.05, 3.63) is 98.6 Å². The van der Waals surface area contributed by atoms with Gasteiger partial charge in [-0.25, -0.2) is 4.68 Å². The fourth-order valence-corrected chi connectivity index (χ4v) is 4.12. The molecule has 0 fully saturated rings. The minimum absolute atomic E-state index is 0.0676. The molecule has 10 heteroatoms. The highest BCUT2D eigenvalue weighted by atomic mass is 35.5. The zero-order valence-corrected chi connectivity index (χ0v) is 20.6. The number of carbonyl (C=O) groups is 3. The number of hydrogen-bond donors (Lipinski definition) is 3. The molecule has 0 aliphatic carbocycles. The Morgan fingerprint density at radius 1 is 0.800 bits per heavy atom. The summed E-state index contributed by atoms with van der Waals surface area (Å²) in [5.41, 5.74) is 5.34. The number of rotatable bonds is 5. The highest BCUT2D eigenvalue weighted by Gasteiger charge is 2.21. The highest BCUT2D eigenvalue weighted by molar-refractivity contribution is 6.38. The average molecular weight is 530 g/mol. The molecular weight excluding hydrogens is 511 g/mol. The minimum atomic E-state index is -0.940. The number of fused-ring (bicyclic) bond motifs is 1. The molecule has 0 radical (unpaired) electrons. The van der Waals surface area contributed by atoms with Gasteiger partial charge in [0.2, 0.25) is 0 Å². The maximum atomic E-state index is 13.1. The van der Waals surface area contributed by atoms with Crippen molar-refractivity contribution in [1.29, 1.82) is 0 Å². The number of anilines is 1. The van der Waals surface area contributed by atoms with Gasteiger partial charge in [-0.15, -0.1) is 0 Å². The molecule has 0 bridgehead atoms. The van der Waals surface area contributed by atoms with Crippen LogP contribution in [0.4, 0.5) is 5.69 Å². The Morgan fingerprint density at radius 2 is 1.49 bits per heavy atom. The molecule has 178 valence electrons. The number of amides is 3. The molecule has 0 aliphatic rings. The van der Waals surface area contributed by atoms with Crippen LogP contribution in [0.25, 0.3) is 10.9 Å². The van der Waals surface area contributed by atoms with E-state index < -0.39 is 17.7 Å². The Labute approximate surface area is 215 Å². The van der Waals surface area contributed by atoms with E-state index in [2.05, 4.69) is 16.1 Å². The lowest BCUT2D eigenvalue weighted by molar-refractivity contribution is -0.136. The summed E-state index contributed by atoms with van der Waals surface area (Å²) < 4.78 is 1.24. The zero-order chi connectivity index (χ0) is 25.1. The van der Waals surface area contributed by atoms with E-state index in [4.69, 9.17) is 34.8 Å². The van der Waals surface area contributed by atoms with E-state index in [1.807, 2.05) is 31.2 Å². The van der Waals surface area contributed by atoms with Crippen LogP contribution in [0.2, 0.25) is 15.1 Å². The van der Waals surface area contributed by atoms with Crippen LogP contribution in [0.3, 0.4) is 0 Å². The molecule has 1 aromatic heterocycles.